The van der Waals surface area contributed by atoms with Gasteiger partial charge < -0.3 is 21.1 Å². The molecule has 5 N–H and O–H groups in total. The number of imidazole rings is 1. The number of H-pyrrole nitrogens is 1. The van der Waals surface area contributed by atoms with Gasteiger partial charge in [0.15, 0.2) is 0 Å². The summed E-state index contributed by atoms with van der Waals surface area (Å²) >= 11 is 0. The fourth-order valence-corrected chi connectivity index (χ4v) is 2.21. The molecule has 2 unspecified atom stereocenters. The van der Waals surface area contributed by atoms with E-state index in [9.17, 15) is 9.59 Å². The number of aliphatic carboxylic acids is 1. The van der Waals surface area contributed by atoms with E-state index in [0.717, 1.165) is 19.3 Å². The highest BCUT2D eigenvalue weighted by Gasteiger charge is 2.21. The molecule has 0 fully saturated rings. The van der Waals surface area contributed by atoms with Crippen molar-refractivity contribution < 1.29 is 14.7 Å². The van der Waals surface area contributed by atoms with Crippen LogP contribution in [0.4, 0.5) is 0 Å². The number of hydrogen-bond acceptors (Lipinski definition) is 4. The maximum Gasteiger partial charge on any atom is 0.326 e. The molecule has 7 heteroatoms. The van der Waals surface area contributed by atoms with Gasteiger partial charge in [0.05, 0.1) is 6.33 Å². The van der Waals surface area contributed by atoms with Gasteiger partial charge in [-0.05, 0) is 25.3 Å². The standard InChI is InChI=1S/C14H24N4O3/c1-2-10(5-6-15)3-4-13(19)18-12(14(20)21)7-11-8-16-9-17-11/h8-10,12H,2-7,15H2,1H3,(H,16,17)(H,18,19)(H,20,21). The predicted octanol–water partition coefficient (Wildman–Crippen LogP) is 0.677. The van der Waals surface area contributed by atoms with Crippen molar-refractivity contribution in [2.24, 2.45) is 11.7 Å². The Labute approximate surface area is 124 Å². The van der Waals surface area contributed by atoms with Crippen LogP contribution in [0.2, 0.25) is 0 Å². The number of carbonyl (C=O) groups excluding carboxylic acids is 1. The molecular formula is C14H24N4O3. The van der Waals surface area contributed by atoms with Crippen LogP contribution in [0.3, 0.4) is 0 Å². The van der Waals surface area contributed by atoms with Crippen LogP contribution < -0.4 is 11.1 Å². The van der Waals surface area contributed by atoms with Crippen molar-refractivity contribution in [3.63, 3.8) is 0 Å². The Bertz CT molecular complexity index is 433. The lowest BCUT2D eigenvalue weighted by molar-refractivity contribution is -0.141. The molecular weight excluding hydrogens is 272 g/mol. The fourth-order valence-electron chi connectivity index (χ4n) is 2.21. The molecule has 0 spiro atoms. The van der Waals surface area contributed by atoms with Crippen molar-refractivity contribution in [3.8, 4) is 0 Å². The molecule has 0 aromatic carbocycles. The molecule has 1 aromatic heterocycles. The fraction of sp³-hybridized carbons (Fsp3) is 0.643. The van der Waals surface area contributed by atoms with Crippen molar-refractivity contribution in [2.45, 2.75) is 45.1 Å². The van der Waals surface area contributed by atoms with Gasteiger partial charge in [0.2, 0.25) is 5.91 Å². The number of aromatic amines is 1. The average Bonchev–Trinajstić information content (AvgIpc) is 2.95. The van der Waals surface area contributed by atoms with Crippen molar-refractivity contribution in [1.82, 2.24) is 15.3 Å². The summed E-state index contributed by atoms with van der Waals surface area (Å²) in [5.74, 6) is -0.874. The summed E-state index contributed by atoms with van der Waals surface area (Å²) in [6.45, 7) is 2.67. The van der Waals surface area contributed by atoms with Gasteiger partial charge in [0.25, 0.3) is 0 Å². The number of carboxylic acids is 1. The number of nitrogens with one attached hydrogen (secondary N) is 2. The third-order valence-corrected chi connectivity index (χ3v) is 3.54. The highest BCUT2D eigenvalue weighted by Crippen LogP contribution is 2.14. The zero-order valence-electron chi connectivity index (χ0n) is 12.3. The van der Waals surface area contributed by atoms with Crippen LogP contribution in [-0.2, 0) is 16.0 Å². The van der Waals surface area contributed by atoms with Crippen molar-refractivity contribution in [1.29, 1.82) is 0 Å². The van der Waals surface area contributed by atoms with E-state index in [1.807, 2.05) is 0 Å². The Kier molecular flexibility index (Phi) is 7.45. The van der Waals surface area contributed by atoms with Gasteiger partial charge in [-0.2, -0.15) is 0 Å². The van der Waals surface area contributed by atoms with Gasteiger partial charge in [-0.1, -0.05) is 13.3 Å². The van der Waals surface area contributed by atoms with Crippen LogP contribution in [0, 0.1) is 5.92 Å². The normalized spacial score (nSPS) is 13.6. The maximum absolute atomic E-state index is 11.9. The second-order valence-corrected chi connectivity index (χ2v) is 5.13. The Balaban J connectivity index is 2.43. The molecule has 0 saturated carbocycles. The van der Waals surface area contributed by atoms with Gasteiger partial charge in [-0.15, -0.1) is 0 Å². The Morgan fingerprint density at radius 1 is 1.48 bits per heavy atom. The average molecular weight is 296 g/mol. The van der Waals surface area contributed by atoms with Crippen LogP contribution in [0.1, 0.15) is 38.3 Å². The second kappa shape index (κ2) is 9.12. The lowest BCUT2D eigenvalue weighted by atomic mass is 9.96. The largest absolute Gasteiger partial charge is 0.480 e. The first kappa shape index (κ1) is 17.2. The number of carbonyl (C=O) groups is 2. The molecule has 1 rings (SSSR count). The molecule has 2 atom stereocenters. The first-order valence-electron chi connectivity index (χ1n) is 7.26. The summed E-state index contributed by atoms with van der Waals surface area (Å²) in [6, 6.07) is -0.937. The first-order chi connectivity index (χ1) is 10.1. The highest BCUT2D eigenvalue weighted by atomic mass is 16.4. The number of nitrogens with zero attached hydrogens (tertiary/aromatic N) is 1. The molecule has 0 aliphatic rings. The zero-order chi connectivity index (χ0) is 15.7. The van der Waals surface area contributed by atoms with Crippen molar-refractivity contribution in [3.05, 3.63) is 18.2 Å². The van der Waals surface area contributed by atoms with E-state index in [1.54, 1.807) is 6.20 Å². The van der Waals surface area contributed by atoms with E-state index in [-0.39, 0.29) is 12.3 Å². The first-order valence-corrected chi connectivity index (χ1v) is 7.26. The van der Waals surface area contributed by atoms with Gasteiger partial charge in [-0.3, -0.25) is 4.79 Å². The van der Waals surface area contributed by atoms with E-state index >= 15 is 0 Å². The van der Waals surface area contributed by atoms with E-state index in [4.69, 9.17) is 10.8 Å². The van der Waals surface area contributed by atoms with E-state index in [2.05, 4.69) is 22.2 Å². The van der Waals surface area contributed by atoms with Gasteiger partial charge >= 0.3 is 5.97 Å². The third kappa shape index (κ3) is 6.40. The van der Waals surface area contributed by atoms with Crippen molar-refractivity contribution >= 4 is 11.9 Å². The summed E-state index contributed by atoms with van der Waals surface area (Å²) in [5.41, 5.74) is 6.20. The predicted molar refractivity (Wildman–Crippen MR) is 78.5 cm³/mol. The number of amides is 1. The molecule has 0 aliphatic heterocycles. The van der Waals surface area contributed by atoms with Gasteiger partial charge in [-0.25, -0.2) is 9.78 Å². The second-order valence-electron chi connectivity index (χ2n) is 5.13. The Morgan fingerprint density at radius 3 is 2.76 bits per heavy atom. The molecule has 0 radical (unpaired) electrons. The van der Waals surface area contributed by atoms with Crippen molar-refractivity contribution in [2.75, 3.05) is 6.54 Å². The lowest BCUT2D eigenvalue weighted by Crippen LogP contribution is -2.42. The number of nitrogens with two attached hydrogens (primary N) is 1. The molecule has 21 heavy (non-hydrogen) atoms. The molecule has 1 heterocycles. The third-order valence-electron chi connectivity index (χ3n) is 3.54. The molecule has 0 bridgehead atoms. The Morgan fingerprint density at radius 2 is 2.24 bits per heavy atom. The minimum absolute atomic E-state index is 0.196. The van der Waals surface area contributed by atoms with Gasteiger partial charge in [0.1, 0.15) is 6.04 Å². The monoisotopic (exact) mass is 296 g/mol. The quantitative estimate of drug-likeness (QED) is 0.506. The summed E-state index contributed by atoms with van der Waals surface area (Å²) in [4.78, 5) is 29.7. The number of aromatic nitrogens is 2. The summed E-state index contributed by atoms with van der Waals surface area (Å²) in [7, 11) is 0. The molecule has 1 amide bonds. The van der Waals surface area contributed by atoms with E-state index in [1.165, 1.54) is 6.33 Å². The number of carboxylic acid groups (broad SMARTS) is 1. The maximum atomic E-state index is 11.9. The number of hydrogen-bond donors (Lipinski definition) is 4. The highest BCUT2D eigenvalue weighted by molar-refractivity contribution is 5.83. The van der Waals surface area contributed by atoms with Crippen LogP contribution in [0.5, 0.6) is 0 Å². The van der Waals surface area contributed by atoms with E-state index < -0.39 is 12.0 Å². The number of rotatable bonds is 10. The molecule has 118 valence electrons. The van der Waals surface area contributed by atoms with Gasteiger partial charge in [0, 0.05) is 24.7 Å². The topological polar surface area (TPSA) is 121 Å². The molecule has 7 nitrogen and oxygen atoms in total. The van der Waals surface area contributed by atoms with Crippen LogP contribution in [0.15, 0.2) is 12.5 Å². The molecule has 0 aliphatic carbocycles. The summed E-state index contributed by atoms with van der Waals surface area (Å²) in [6.07, 6.45) is 6.15. The minimum Gasteiger partial charge on any atom is -0.480 e. The lowest BCUT2D eigenvalue weighted by Gasteiger charge is -2.16. The van der Waals surface area contributed by atoms with Crippen LogP contribution in [0.25, 0.3) is 0 Å². The zero-order valence-corrected chi connectivity index (χ0v) is 12.3. The van der Waals surface area contributed by atoms with Crippen LogP contribution in [-0.4, -0.2) is 39.5 Å². The molecule has 1 aromatic rings. The molecule has 0 saturated heterocycles. The minimum atomic E-state index is -1.05. The SMILES string of the molecule is CCC(CCN)CCC(=O)NC(Cc1cnc[nH]1)C(=O)O. The Hall–Kier alpha value is -1.89. The van der Waals surface area contributed by atoms with E-state index in [0.29, 0.717) is 24.6 Å². The van der Waals surface area contributed by atoms with Crippen LogP contribution >= 0.6 is 0 Å². The smallest absolute Gasteiger partial charge is 0.326 e. The summed E-state index contributed by atoms with van der Waals surface area (Å²) in [5, 5.41) is 11.7. The summed E-state index contributed by atoms with van der Waals surface area (Å²) < 4.78 is 0.